The van der Waals surface area contributed by atoms with Crippen LogP contribution in [0.15, 0.2) is 59.6 Å². The molecule has 0 unspecified atom stereocenters. The second-order valence-corrected chi connectivity index (χ2v) is 6.06. The van der Waals surface area contributed by atoms with Gasteiger partial charge in [-0.15, -0.1) is 11.8 Å². The van der Waals surface area contributed by atoms with Gasteiger partial charge >= 0.3 is 0 Å². The van der Waals surface area contributed by atoms with E-state index in [0.717, 1.165) is 21.4 Å². The standard InChI is InChI=1S/C17H14ClNOS/c1-21-13-8-6-12(7-9-13)17(20)11-19-10-15(18)14-4-2-3-5-16(14)19/h2-10H,11H2,1H3. The SMILES string of the molecule is CSc1ccc(C(=O)Cn2cc(Cl)c3ccccc32)cc1. The summed E-state index contributed by atoms with van der Waals surface area (Å²) >= 11 is 7.88. The van der Waals surface area contributed by atoms with Crippen molar-refractivity contribution < 1.29 is 4.79 Å². The fourth-order valence-electron chi connectivity index (χ4n) is 2.36. The maximum absolute atomic E-state index is 12.4. The second-order valence-electron chi connectivity index (χ2n) is 4.77. The Bertz CT molecular complexity index is 792. The van der Waals surface area contributed by atoms with Crippen LogP contribution in [0.2, 0.25) is 5.02 Å². The second kappa shape index (κ2) is 5.96. The Labute approximate surface area is 132 Å². The van der Waals surface area contributed by atoms with Crippen LogP contribution < -0.4 is 0 Å². The van der Waals surface area contributed by atoms with Crippen molar-refractivity contribution in [3.05, 3.63) is 65.3 Å². The third kappa shape index (κ3) is 2.85. The topological polar surface area (TPSA) is 22.0 Å². The number of para-hydroxylation sites is 1. The Kier molecular flexibility index (Phi) is 4.04. The predicted molar refractivity (Wildman–Crippen MR) is 89.5 cm³/mol. The number of rotatable bonds is 4. The fraction of sp³-hybridized carbons (Fsp3) is 0.118. The van der Waals surface area contributed by atoms with Gasteiger partial charge in [-0.3, -0.25) is 4.79 Å². The number of hydrogen-bond acceptors (Lipinski definition) is 2. The molecule has 0 atom stereocenters. The number of ketones is 1. The van der Waals surface area contributed by atoms with Gasteiger partial charge in [0.05, 0.1) is 11.6 Å². The zero-order valence-corrected chi connectivity index (χ0v) is 13.1. The van der Waals surface area contributed by atoms with Crippen molar-refractivity contribution in [1.82, 2.24) is 4.57 Å². The molecule has 0 fully saturated rings. The largest absolute Gasteiger partial charge is 0.338 e. The molecule has 2 nitrogen and oxygen atoms in total. The molecule has 0 amide bonds. The molecule has 0 radical (unpaired) electrons. The first kappa shape index (κ1) is 14.2. The van der Waals surface area contributed by atoms with Crippen LogP contribution in [0.4, 0.5) is 0 Å². The number of benzene rings is 2. The van der Waals surface area contributed by atoms with E-state index in [9.17, 15) is 4.79 Å². The predicted octanol–water partition coefficient (Wildman–Crippen LogP) is 4.90. The van der Waals surface area contributed by atoms with E-state index in [-0.39, 0.29) is 5.78 Å². The molecule has 3 rings (SSSR count). The highest BCUT2D eigenvalue weighted by atomic mass is 35.5. The molecule has 0 aliphatic rings. The number of halogens is 1. The van der Waals surface area contributed by atoms with E-state index in [1.807, 2.05) is 65.6 Å². The molecular formula is C17H14ClNOS. The highest BCUT2D eigenvalue weighted by Crippen LogP contribution is 2.25. The van der Waals surface area contributed by atoms with Gasteiger partial charge in [0, 0.05) is 27.6 Å². The molecule has 0 aliphatic heterocycles. The van der Waals surface area contributed by atoms with Gasteiger partial charge in [-0.2, -0.15) is 0 Å². The van der Waals surface area contributed by atoms with Crippen LogP contribution in [0.3, 0.4) is 0 Å². The van der Waals surface area contributed by atoms with Crippen LogP contribution in [0.5, 0.6) is 0 Å². The molecule has 2 aromatic carbocycles. The number of aromatic nitrogens is 1. The van der Waals surface area contributed by atoms with Crippen molar-refractivity contribution in [2.75, 3.05) is 6.26 Å². The summed E-state index contributed by atoms with van der Waals surface area (Å²) in [6, 6.07) is 15.5. The lowest BCUT2D eigenvalue weighted by molar-refractivity contribution is 0.0973. The van der Waals surface area contributed by atoms with Gasteiger partial charge < -0.3 is 4.57 Å². The van der Waals surface area contributed by atoms with Crippen molar-refractivity contribution in [1.29, 1.82) is 0 Å². The molecule has 21 heavy (non-hydrogen) atoms. The zero-order chi connectivity index (χ0) is 14.8. The zero-order valence-electron chi connectivity index (χ0n) is 11.5. The number of hydrogen-bond donors (Lipinski definition) is 0. The summed E-state index contributed by atoms with van der Waals surface area (Å²) in [5.74, 6) is 0.0834. The average Bonchev–Trinajstić information content (AvgIpc) is 2.84. The van der Waals surface area contributed by atoms with Gasteiger partial charge in [0.15, 0.2) is 5.78 Å². The van der Waals surface area contributed by atoms with Crippen LogP contribution in [-0.2, 0) is 6.54 Å². The molecule has 0 saturated carbocycles. The summed E-state index contributed by atoms with van der Waals surface area (Å²) in [5, 5.41) is 1.65. The van der Waals surface area contributed by atoms with E-state index in [2.05, 4.69) is 0 Å². The minimum atomic E-state index is 0.0834. The van der Waals surface area contributed by atoms with E-state index >= 15 is 0 Å². The maximum atomic E-state index is 12.4. The summed E-state index contributed by atoms with van der Waals surface area (Å²) in [4.78, 5) is 13.5. The van der Waals surface area contributed by atoms with Crippen molar-refractivity contribution in [3.63, 3.8) is 0 Å². The lowest BCUT2D eigenvalue weighted by Gasteiger charge is -2.05. The van der Waals surface area contributed by atoms with E-state index in [1.54, 1.807) is 11.8 Å². The number of Topliss-reactive ketones (excluding diaryl/α,β-unsaturated/α-hetero) is 1. The van der Waals surface area contributed by atoms with Gasteiger partial charge in [0.2, 0.25) is 0 Å². The Hall–Kier alpha value is -1.71. The third-order valence-corrected chi connectivity index (χ3v) is 4.51. The Balaban J connectivity index is 1.89. The van der Waals surface area contributed by atoms with Crippen LogP contribution in [0, 0.1) is 0 Å². The van der Waals surface area contributed by atoms with Crippen molar-refractivity contribution in [3.8, 4) is 0 Å². The Morgan fingerprint density at radius 2 is 1.86 bits per heavy atom. The molecule has 4 heteroatoms. The normalized spacial score (nSPS) is 11.0. The molecule has 3 aromatic rings. The van der Waals surface area contributed by atoms with E-state index in [0.29, 0.717) is 11.6 Å². The Morgan fingerprint density at radius 3 is 2.57 bits per heavy atom. The van der Waals surface area contributed by atoms with Gasteiger partial charge in [-0.1, -0.05) is 41.9 Å². The molecule has 0 aliphatic carbocycles. The van der Waals surface area contributed by atoms with Crippen molar-refractivity contribution in [2.24, 2.45) is 0 Å². The highest BCUT2D eigenvalue weighted by molar-refractivity contribution is 7.98. The van der Waals surface area contributed by atoms with Crippen LogP contribution in [0.1, 0.15) is 10.4 Å². The number of carbonyl (C=O) groups is 1. The molecule has 0 spiro atoms. The minimum absolute atomic E-state index is 0.0834. The van der Waals surface area contributed by atoms with Gasteiger partial charge in [-0.05, 0) is 24.5 Å². The number of nitrogens with zero attached hydrogens (tertiary/aromatic N) is 1. The lowest BCUT2D eigenvalue weighted by Crippen LogP contribution is -2.09. The number of thioether (sulfide) groups is 1. The van der Waals surface area contributed by atoms with Crippen LogP contribution >= 0.6 is 23.4 Å². The molecule has 1 heterocycles. The lowest BCUT2D eigenvalue weighted by atomic mass is 10.1. The molecular weight excluding hydrogens is 302 g/mol. The van der Waals surface area contributed by atoms with Gasteiger partial charge in [0.1, 0.15) is 0 Å². The van der Waals surface area contributed by atoms with Crippen molar-refractivity contribution >= 4 is 40.0 Å². The first-order valence-electron chi connectivity index (χ1n) is 6.59. The van der Waals surface area contributed by atoms with E-state index in [4.69, 9.17) is 11.6 Å². The molecule has 0 saturated heterocycles. The summed E-state index contributed by atoms with van der Waals surface area (Å²) in [6.45, 7) is 0.297. The first-order valence-corrected chi connectivity index (χ1v) is 8.20. The summed E-state index contributed by atoms with van der Waals surface area (Å²) in [6.07, 6.45) is 3.84. The van der Waals surface area contributed by atoms with Crippen LogP contribution in [-0.4, -0.2) is 16.6 Å². The first-order chi connectivity index (χ1) is 10.2. The quantitative estimate of drug-likeness (QED) is 0.504. The smallest absolute Gasteiger partial charge is 0.182 e. The summed E-state index contributed by atoms with van der Waals surface area (Å²) < 4.78 is 1.91. The van der Waals surface area contributed by atoms with Gasteiger partial charge in [0.25, 0.3) is 0 Å². The Morgan fingerprint density at radius 1 is 1.14 bits per heavy atom. The number of fused-ring (bicyclic) bond motifs is 1. The maximum Gasteiger partial charge on any atom is 0.182 e. The molecule has 0 N–H and O–H groups in total. The van der Waals surface area contributed by atoms with E-state index < -0.39 is 0 Å². The van der Waals surface area contributed by atoms with Crippen molar-refractivity contribution in [2.45, 2.75) is 11.4 Å². The highest BCUT2D eigenvalue weighted by Gasteiger charge is 2.11. The summed E-state index contributed by atoms with van der Waals surface area (Å²) in [5.41, 5.74) is 1.71. The number of carbonyl (C=O) groups excluding carboxylic acids is 1. The summed E-state index contributed by atoms with van der Waals surface area (Å²) in [7, 11) is 0. The molecule has 0 bridgehead atoms. The molecule has 1 aromatic heterocycles. The fourth-order valence-corrected chi connectivity index (χ4v) is 3.04. The van der Waals surface area contributed by atoms with Crippen LogP contribution in [0.25, 0.3) is 10.9 Å². The minimum Gasteiger partial charge on any atom is -0.338 e. The third-order valence-electron chi connectivity index (χ3n) is 3.47. The average molecular weight is 316 g/mol. The van der Waals surface area contributed by atoms with Gasteiger partial charge in [-0.25, -0.2) is 0 Å². The monoisotopic (exact) mass is 315 g/mol. The van der Waals surface area contributed by atoms with E-state index in [1.165, 1.54) is 0 Å². The molecule has 106 valence electrons.